The lowest BCUT2D eigenvalue weighted by atomic mass is 10.1. The topological polar surface area (TPSA) is 49.3 Å². The fourth-order valence-corrected chi connectivity index (χ4v) is 2.87. The summed E-state index contributed by atoms with van der Waals surface area (Å²) in [5.74, 6) is 2.08. The van der Waals surface area contributed by atoms with E-state index < -0.39 is 0 Å². The zero-order valence-electron chi connectivity index (χ0n) is 14.0. The number of hydrogen-bond donors (Lipinski definition) is 2. The van der Waals surface area contributed by atoms with Gasteiger partial charge in [0.2, 0.25) is 0 Å². The van der Waals surface area contributed by atoms with Gasteiger partial charge < -0.3 is 10.6 Å². The molecule has 1 aromatic carbocycles. The summed E-state index contributed by atoms with van der Waals surface area (Å²) in [4.78, 5) is 9.17. The minimum absolute atomic E-state index is 0.585. The molecule has 2 aromatic rings. The van der Waals surface area contributed by atoms with Gasteiger partial charge in [-0.3, -0.25) is 4.98 Å². The second kappa shape index (κ2) is 10.1. The third-order valence-corrected chi connectivity index (χ3v) is 4.25. The molecule has 23 heavy (non-hydrogen) atoms. The maximum Gasteiger partial charge on any atom is 0.191 e. The van der Waals surface area contributed by atoms with Crippen molar-refractivity contribution >= 4 is 28.5 Å². The molecule has 4 nitrogen and oxygen atoms in total. The van der Waals surface area contributed by atoms with Crippen molar-refractivity contribution in [1.82, 2.24) is 15.6 Å². The fraction of sp³-hybridized carbons (Fsp3) is 0.444. The molecule has 1 aromatic heterocycles. The van der Waals surface area contributed by atoms with Gasteiger partial charge in [0, 0.05) is 24.7 Å². The summed E-state index contributed by atoms with van der Waals surface area (Å²) in [5.41, 5.74) is 1.02. The lowest BCUT2D eigenvalue weighted by Gasteiger charge is -2.11. The van der Waals surface area contributed by atoms with Gasteiger partial charge in [0.15, 0.2) is 5.96 Å². The van der Waals surface area contributed by atoms with E-state index in [2.05, 4.69) is 52.0 Å². The maximum atomic E-state index is 4.68. The summed E-state index contributed by atoms with van der Waals surface area (Å²) < 4.78 is 0. The Hall–Kier alpha value is -1.75. The molecule has 2 N–H and O–H groups in total. The van der Waals surface area contributed by atoms with E-state index in [-0.39, 0.29) is 0 Å². The summed E-state index contributed by atoms with van der Waals surface area (Å²) in [6.07, 6.45) is 6.41. The van der Waals surface area contributed by atoms with Gasteiger partial charge in [-0.2, -0.15) is 11.8 Å². The Labute approximate surface area is 143 Å². The highest BCUT2D eigenvalue weighted by Crippen LogP contribution is 2.16. The molecule has 0 unspecified atom stereocenters. The van der Waals surface area contributed by atoms with Crippen LogP contribution in [0.5, 0.6) is 0 Å². The van der Waals surface area contributed by atoms with Gasteiger partial charge in [0.25, 0.3) is 0 Å². The van der Waals surface area contributed by atoms with Gasteiger partial charge in [-0.1, -0.05) is 24.3 Å². The first-order valence-electron chi connectivity index (χ1n) is 8.19. The Morgan fingerprint density at radius 3 is 2.87 bits per heavy atom. The van der Waals surface area contributed by atoms with E-state index in [0.717, 1.165) is 31.2 Å². The Balaban J connectivity index is 1.98. The second-order valence-electron chi connectivity index (χ2n) is 5.30. The third kappa shape index (κ3) is 5.75. The molecule has 0 radical (unpaired) electrons. The molecule has 0 spiro atoms. The average Bonchev–Trinajstić information content (AvgIpc) is 2.59. The second-order valence-corrected chi connectivity index (χ2v) is 6.29. The van der Waals surface area contributed by atoms with Gasteiger partial charge in [-0.15, -0.1) is 0 Å². The van der Waals surface area contributed by atoms with E-state index in [4.69, 9.17) is 0 Å². The zero-order chi connectivity index (χ0) is 16.3. The number of fused-ring (bicyclic) bond motifs is 1. The van der Waals surface area contributed by atoms with Crippen molar-refractivity contribution in [2.75, 3.05) is 25.1 Å². The Morgan fingerprint density at radius 2 is 2.04 bits per heavy atom. The largest absolute Gasteiger partial charge is 0.357 e. The van der Waals surface area contributed by atoms with E-state index in [0.29, 0.717) is 6.54 Å². The van der Waals surface area contributed by atoms with Crippen molar-refractivity contribution in [1.29, 1.82) is 0 Å². The SMILES string of the molecule is CCNC(=NCc1nccc2ccccc12)NCCCCSC. The number of pyridine rings is 1. The average molecular weight is 331 g/mol. The maximum absolute atomic E-state index is 4.68. The van der Waals surface area contributed by atoms with Crippen LogP contribution in [0.3, 0.4) is 0 Å². The van der Waals surface area contributed by atoms with Crippen LogP contribution in [0.1, 0.15) is 25.5 Å². The number of thioether (sulfide) groups is 1. The number of rotatable bonds is 8. The summed E-state index contributed by atoms with van der Waals surface area (Å²) in [5, 5.41) is 9.08. The Kier molecular flexibility index (Phi) is 7.73. The van der Waals surface area contributed by atoms with E-state index in [1.54, 1.807) is 0 Å². The highest BCUT2D eigenvalue weighted by molar-refractivity contribution is 7.98. The first-order chi connectivity index (χ1) is 11.3. The highest BCUT2D eigenvalue weighted by Gasteiger charge is 2.02. The number of benzene rings is 1. The van der Waals surface area contributed by atoms with Gasteiger partial charge in [0.05, 0.1) is 12.2 Å². The lowest BCUT2D eigenvalue weighted by Crippen LogP contribution is -2.37. The quantitative estimate of drug-likeness (QED) is 0.442. The number of hydrogen-bond acceptors (Lipinski definition) is 3. The van der Waals surface area contributed by atoms with Crippen LogP contribution in [0.2, 0.25) is 0 Å². The number of unbranched alkanes of at least 4 members (excludes halogenated alkanes) is 1. The van der Waals surface area contributed by atoms with Crippen LogP contribution in [-0.4, -0.2) is 36.0 Å². The first-order valence-corrected chi connectivity index (χ1v) is 9.58. The van der Waals surface area contributed by atoms with Crippen molar-refractivity contribution in [3.05, 3.63) is 42.2 Å². The van der Waals surface area contributed by atoms with E-state index >= 15 is 0 Å². The van der Waals surface area contributed by atoms with Crippen LogP contribution in [0.25, 0.3) is 10.8 Å². The molecule has 0 fully saturated rings. The minimum atomic E-state index is 0.585. The van der Waals surface area contributed by atoms with Crippen molar-refractivity contribution in [3.8, 4) is 0 Å². The van der Waals surface area contributed by atoms with Crippen LogP contribution in [0, 0.1) is 0 Å². The fourth-order valence-electron chi connectivity index (χ4n) is 2.38. The molecule has 0 aliphatic rings. The molecule has 0 atom stereocenters. The molecule has 1 heterocycles. The molecular weight excluding hydrogens is 304 g/mol. The molecule has 0 saturated carbocycles. The van der Waals surface area contributed by atoms with Crippen molar-refractivity contribution in [2.24, 2.45) is 4.99 Å². The van der Waals surface area contributed by atoms with Crippen LogP contribution < -0.4 is 10.6 Å². The van der Waals surface area contributed by atoms with Crippen LogP contribution >= 0.6 is 11.8 Å². The molecule has 2 rings (SSSR count). The van der Waals surface area contributed by atoms with E-state index in [1.807, 2.05) is 30.1 Å². The van der Waals surface area contributed by atoms with Gasteiger partial charge in [-0.25, -0.2) is 4.99 Å². The third-order valence-electron chi connectivity index (χ3n) is 3.56. The number of aliphatic imine (C=N–C) groups is 1. The Morgan fingerprint density at radius 1 is 1.17 bits per heavy atom. The number of aromatic nitrogens is 1. The van der Waals surface area contributed by atoms with Gasteiger partial charge in [-0.05, 0) is 43.2 Å². The smallest absolute Gasteiger partial charge is 0.191 e. The highest BCUT2D eigenvalue weighted by atomic mass is 32.2. The molecule has 0 aliphatic carbocycles. The summed E-state index contributed by atoms with van der Waals surface area (Å²) >= 11 is 1.90. The first kappa shape index (κ1) is 17.6. The molecular formula is C18H26N4S. The standard InChI is InChI=1S/C18H26N4S/c1-3-19-18(21-11-6-7-13-23-2)22-14-17-16-9-5-4-8-15(16)10-12-20-17/h4-5,8-10,12H,3,6-7,11,13-14H2,1-2H3,(H2,19,21,22). The molecule has 5 heteroatoms. The Bertz CT molecular complexity index is 622. The normalized spacial score (nSPS) is 11.7. The van der Waals surface area contributed by atoms with Crippen molar-refractivity contribution in [3.63, 3.8) is 0 Å². The van der Waals surface area contributed by atoms with E-state index in [1.165, 1.54) is 22.9 Å². The predicted octanol–water partition coefficient (Wildman–Crippen LogP) is 3.43. The number of guanidine groups is 1. The molecule has 124 valence electrons. The van der Waals surface area contributed by atoms with Crippen molar-refractivity contribution < 1.29 is 0 Å². The molecule has 0 aliphatic heterocycles. The monoisotopic (exact) mass is 330 g/mol. The van der Waals surface area contributed by atoms with Crippen LogP contribution in [-0.2, 0) is 6.54 Å². The van der Waals surface area contributed by atoms with E-state index in [9.17, 15) is 0 Å². The van der Waals surface area contributed by atoms with Crippen LogP contribution in [0.4, 0.5) is 0 Å². The minimum Gasteiger partial charge on any atom is -0.357 e. The number of nitrogens with one attached hydrogen (secondary N) is 2. The van der Waals surface area contributed by atoms with Gasteiger partial charge in [0.1, 0.15) is 0 Å². The number of nitrogens with zero attached hydrogens (tertiary/aromatic N) is 2. The predicted molar refractivity (Wildman–Crippen MR) is 102 cm³/mol. The summed E-state index contributed by atoms with van der Waals surface area (Å²) in [6.45, 7) is 4.48. The lowest BCUT2D eigenvalue weighted by molar-refractivity contribution is 0.734. The summed E-state index contributed by atoms with van der Waals surface area (Å²) in [6, 6.07) is 10.4. The van der Waals surface area contributed by atoms with Crippen LogP contribution in [0.15, 0.2) is 41.5 Å². The summed E-state index contributed by atoms with van der Waals surface area (Å²) in [7, 11) is 0. The van der Waals surface area contributed by atoms with Crippen molar-refractivity contribution in [2.45, 2.75) is 26.3 Å². The molecule has 0 amide bonds. The molecule has 0 saturated heterocycles. The molecule has 0 bridgehead atoms. The van der Waals surface area contributed by atoms with Gasteiger partial charge >= 0.3 is 0 Å². The zero-order valence-corrected chi connectivity index (χ0v) is 14.8.